The molecule has 2 aliphatic heterocycles. The number of rotatable bonds is 32. The number of hydrogen-bond donors (Lipinski definition) is 13. The largest absolute Gasteiger partial charge is 0.463 e. The number of unbranched alkanes of at least 4 members (excludes halogenated alkanes) is 5. The molecule has 10 unspecified atom stereocenters. The maximum atomic E-state index is 12.4. The van der Waals surface area contributed by atoms with Gasteiger partial charge in [-0.15, -0.1) is 0 Å². The Morgan fingerprint density at radius 1 is 0.631 bits per heavy atom. The lowest BCUT2D eigenvalue weighted by Crippen LogP contribution is -2.65. The first-order valence-corrected chi connectivity index (χ1v) is 22.5. The first kappa shape index (κ1) is 57.0. The second kappa shape index (κ2) is 32.5. The summed E-state index contributed by atoms with van der Waals surface area (Å²) in [6.07, 6.45) is -8.90. The zero-order valence-electron chi connectivity index (χ0n) is 37.5. The molecular weight excluding hydrogens is 862 g/mol. The number of esters is 1. The highest BCUT2D eigenvalue weighted by Crippen LogP contribution is 2.29. The number of carbonyl (C=O) groups excluding carboxylic acids is 6. The molecule has 2 rings (SSSR count). The lowest BCUT2D eigenvalue weighted by atomic mass is 9.92. The Balaban J connectivity index is 1.52. The van der Waals surface area contributed by atoms with E-state index in [1.807, 2.05) is 0 Å². The molecule has 24 nitrogen and oxygen atoms in total. The summed E-state index contributed by atoms with van der Waals surface area (Å²) >= 11 is 0. The molecule has 10 atom stereocenters. The van der Waals surface area contributed by atoms with E-state index in [0.717, 1.165) is 12.8 Å². The fourth-order valence-corrected chi connectivity index (χ4v) is 6.86. The number of likely N-dealkylation sites (N-methyl/N-ethyl adjacent to an activating group) is 1. The third-order valence-corrected chi connectivity index (χ3v) is 10.8. The maximum Gasteiger partial charge on any atom is 0.306 e. The van der Waals surface area contributed by atoms with Crippen LogP contribution in [0.15, 0.2) is 5.16 Å². The maximum absolute atomic E-state index is 12.4. The Morgan fingerprint density at radius 2 is 1.08 bits per heavy atom. The number of hydrogen-bond acceptors (Lipinski definition) is 19. The van der Waals surface area contributed by atoms with Gasteiger partial charge in [-0.2, -0.15) is 0 Å². The topological polar surface area (TPSA) is 365 Å². The van der Waals surface area contributed by atoms with Crippen LogP contribution in [0.5, 0.6) is 0 Å². The van der Waals surface area contributed by atoms with Crippen LogP contribution in [0.3, 0.4) is 0 Å². The average molecular weight is 936 g/mol. The lowest BCUT2D eigenvalue weighted by molar-refractivity contribution is -0.324. The van der Waals surface area contributed by atoms with Crippen molar-refractivity contribution in [2.45, 2.75) is 165 Å². The van der Waals surface area contributed by atoms with Crippen molar-refractivity contribution >= 4 is 41.2 Å². The standard InChI is InChI=1S/C41H73N7O17/c1-3-25(42-2)38-36(58)37(59)39(40(60)64-38)65-41-33(48-61)35(57)34(56)26(63-41)24-62-32(55)17-16-31(54)46-21-9-5-8-20-44-28(51)13-12-27(50)43-18-6-4-7-19-45-29(52)14-15-30(53)47-22-10-11-23-49/h25-26,34-42,49,56-61H,3-24H2,1-2H3,(H,43,50)(H,44,51)(H,45,52)(H,46,54)(H,47,53). The monoisotopic (exact) mass is 936 g/mol. The van der Waals surface area contributed by atoms with Crippen LogP contribution in [0.4, 0.5) is 0 Å². The molecular formula is C41H73N7O17. The Kier molecular flexibility index (Phi) is 28.5. The van der Waals surface area contributed by atoms with Crippen LogP contribution in [0, 0.1) is 0 Å². The summed E-state index contributed by atoms with van der Waals surface area (Å²) in [5, 5.41) is 90.9. The van der Waals surface area contributed by atoms with Gasteiger partial charge in [-0.05, 0) is 64.8 Å². The van der Waals surface area contributed by atoms with E-state index in [0.29, 0.717) is 77.7 Å². The highest BCUT2D eigenvalue weighted by molar-refractivity contribution is 5.92. The van der Waals surface area contributed by atoms with Crippen LogP contribution in [-0.4, -0.2) is 191 Å². The zero-order valence-corrected chi connectivity index (χ0v) is 37.5. The Morgan fingerprint density at radius 3 is 1.49 bits per heavy atom. The number of nitrogens with one attached hydrogen (secondary N) is 6. The van der Waals surface area contributed by atoms with E-state index in [2.05, 4.69) is 37.1 Å². The van der Waals surface area contributed by atoms with E-state index in [1.54, 1.807) is 14.0 Å². The van der Waals surface area contributed by atoms with Gasteiger partial charge in [0, 0.05) is 77.5 Å². The first-order chi connectivity index (χ1) is 31.2. The van der Waals surface area contributed by atoms with Gasteiger partial charge in [0.15, 0.2) is 6.29 Å². The SMILES string of the molecule is CCC(NC)C1OC(O)C(OC2OC(COC(=O)CCC(=O)NCCCCCNC(=O)CCC(=O)NCCCCCNC(=O)CCC(=O)NCCCCO)C(O)C(O)C2=NO)C(O)C1O. The molecule has 2 aliphatic rings. The molecule has 2 fully saturated rings. The molecule has 65 heavy (non-hydrogen) atoms. The van der Waals surface area contributed by atoms with Crippen LogP contribution in [0.2, 0.25) is 0 Å². The van der Waals surface area contributed by atoms with Crippen molar-refractivity contribution in [2.24, 2.45) is 5.16 Å². The molecule has 0 bridgehead atoms. The molecule has 2 saturated heterocycles. The van der Waals surface area contributed by atoms with E-state index in [1.165, 1.54) is 0 Å². The minimum absolute atomic E-state index is 0.0389. The predicted molar refractivity (Wildman–Crippen MR) is 229 cm³/mol. The fraction of sp³-hybridized carbons (Fsp3) is 0.829. The molecule has 24 heteroatoms. The molecule has 0 aromatic rings. The van der Waals surface area contributed by atoms with E-state index >= 15 is 0 Å². The van der Waals surface area contributed by atoms with Gasteiger partial charge in [0.05, 0.1) is 6.42 Å². The lowest BCUT2D eigenvalue weighted by Gasteiger charge is -2.45. The molecule has 0 aromatic heterocycles. The molecule has 0 radical (unpaired) electrons. The molecule has 0 spiro atoms. The smallest absolute Gasteiger partial charge is 0.306 e. The van der Waals surface area contributed by atoms with E-state index in [9.17, 15) is 59.5 Å². The molecule has 0 aliphatic carbocycles. The van der Waals surface area contributed by atoms with Crippen molar-refractivity contribution in [1.29, 1.82) is 0 Å². The van der Waals surface area contributed by atoms with Crippen molar-refractivity contribution in [3.05, 3.63) is 0 Å². The van der Waals surface area contributed by atoms with Gasteiger partial charge in [0.2, 0.25) is 35.8 Å². The number of aliphatic hydroxyl groups is 6. The average Bonchev–Trinajstić information content (AvgIpc) is 3.29. The van der Waals surface area contributed by atoms with Gasteiger partial charge in [-0.25, -0.2) is 0 Å². The van der Waals surface area contributed by atoms with Crippen molar-refractivity contribution < 1.29 is 83.6 Å². The highest BCUT2D eigenvalue weighted by atomic mass is 16.7. The summed E-state index contributed by atoms with van der Waals surface area (Å²) in [6, 6.07) is -0.432. The molecule has 13 N–H and O–H groups in total. The third-order valence-electron chi connectivity index (χ3n) is 10.8. The predicted octanol–water partition coefficient (Wildman–Crippen LogP) is -3.34. The van der Waals surface area contributed by atoms with Gasteiger partial charge in [-0.1, -0.05) is 12.1 Å². The fourth-order valence-electron chi connectivity index (χ4n) is 6.86. The summed E-state index contributed by atoms with van der Waals surface area (Å²) in [6.45, 7) is 3.36. The summed E-state index contributed by atoms with van der Waals surface area (Å²) in [5.74, 6) is -2.15. The van der Waals surface area contributed by atoms with Gasteiger partial charge in [0.25, 0.3) is 0 Å². The number of aliphatic hydroxyl groups excluding tert-OH is 6. The molecule has 5 amide bonds. The normalized spacial score (nSPS) is 25.3. The van der Waals surface area contributed by atoms with Gasteiger partial charge in [-0.3, -0.25) is 28.8 Å². The quantitative estimate of drug-likeness (QED) is 0.0136. The van der Waals surface area contributed by atoms with E-state index < -0.39 is 85.5 Å². The van der Waals surface area contributed by atoms with Gasteiger partial charge in [0.1, 0.15) is 55.0 Å². The van der Waals surface area contributed by atoms with Crippen LogP contribution >= 0.6 is 0 Å². The van der Waals surface area contributed by atoms with Crippen LogP contribution in [-0.2, 0) is 47.7 Å². The second-order valence-electron chi connectivity index (χ2n) is 15.8. The van der Waals surface area contributed by atoms with Crippen LogP contribution < -0.4 is 31.9 Å². The zero-order chi connectivity index (χ0) is 48.1. The summed E-state index contributed by atoms with van der Waals surface area (Å²) in [7, 11) is 1.62. The number of ether oxygens (including phenoxy) is 4. The molecule has 0 aromatic carbocycles. The van der Waals surface area contributed by atoms with Crippen molar-refractivity contribution in [2.75, 3.05) is 53.0 Å². The van der Waals surface area contributed by atoms with Crippen LogP contribution in [0.1, 0.15) is 103 Å². The third kappa shape index (κ3) is 21.8. The van der Waals surface area contributed by atoms with Crippen molar-refractivity contribution in [3.63, 3.8) is 0 Å². The van der Waals surface area contributed by atoms with Crippen molar-refractivity contribution in [1.82, 2.24) is 31.9 Å². The van der Waals surface area contributed by atoms with E-state index in [-0.39, 0.29) is 68.8 Å². The minimum Gasteiger partial charge on any atom is -0.463 e. The number of oxime groups is 1. The highest BCUT2D eigenvalue weighted by Gasteiger charge is 2.51. The Hall–Kier alpha value is -4.11. The first-order valence-electron chi connectivity index (χ1n) is 22.5. The summed E-state index contributed by atoms with van der Waals surface area (Å²) < 4.78 is 21.8. The Bertz CT molecular complexity index is 1470. The number of nitrogens with zero attached hydrogens (tertiary/aromatic N) is 1. The molecule has 2 heterocycles. The van der Waals surface area contributed by atoms with Gasteiger partial charge < -0.3 is 86.7 Å². The Labute approximate surface area is 378 Å². The molecule has 374 valence electrons. The summed E-state index contributed by atoms with van der Waals surface area (Å²) in [5.41, 5.74) is -0.622. The molecule has 0 saturated carbocycles. The van der Waals surface area contributed by atoms with Crippen molar-refractivity contribution in [3.8, 4) is 0 Å². The minimum atomic E-state index is -1.88. The second-order valence-corrected chi connectivity index (χ2v) is 15.8. The van der Waals surface area contributed by atoms with Gasteiger partial charge >= 0.3 is 5.97 Å². The van der Waals surface area contributed by atoms with E-state index in [4.69, 9.17) is 24.1 Å². The number of amides is 5. The summed E-state index contributed by atoms with van der Waals surface area (Å²) in [4.78, 5) is 72.5. The number of carbonyl (C=O) groups is 6. The van der Waals surface area contributed by atoms with Crippen LogP contribution in [0.25, 0.3) is 0 Å².